The average Bonchev–Trinajstić information content (AvgIpc) is 1.68. The highest BCUT2D eigenvalue weighted by Crippen LogP contribution is 2.02. The summed E-state index contributed by atoms with van der Waals surface area (Å²) < 4.78 is 0. The molecule has 0 aromatic rings. The molecule has 1 atom stereocenters. The summed E-state index contributed by atoms with van der Waals surface area (Å²) in [4.78, 5) is 0. The minimum Gasteiger partial charge on any atom is -0.0933 e. The Hall–Kier alpha value is 0.920. The largest absolute Gasteiger partial charge is 0.0933 e. The van der Waals surface area contributed by atoms with Gasteiger partial charge in [-0.3, -0.25) is 0 Å². The summed E-state index contributed by atoms with van der Waals surface area (Å²) in [5.74, 6) is 1.20. The third kappa shape index (κ3) is 4.78. The number of hydrogen-bond acceptors (Lipinski definition) is 2. The Morgan fingerprint density at radius 2 is 2.29 bits per heavy atom. The first kappa shape index (κ1) is 7.92. The highest BCUT2D eigenvalue weighted by Gasteiger charge is 1.84. The molecule has 1 unspecified atom stereocenters. The van der Waals surface area contributed by atoms with E-state index in [0.29, 0.717) is 0 Å². The zero-order chi connectivity index (χ0) is 5.70. The fourth-order valence-electron chi connectivity index (χ4n) is 0.250. The van der Waals surface area contributed by atoms with Gasteiger partial charge >= 0.3 is 0 Å². The first-order chi connectivity index (χ1) is 3.31. The summed E-state index contributed by atoms with van der Waals surface area (Å²) in [5.41, 5.74) is 0. The van der Waals surface area contributed by atoms with Crippen LogP contribution in [0.4, 0.5) is 0 Å². The quantitative estimate of drug-likeness (QED) is 0.568. The van der Waals surface area contributed by atoms with E-state index in [-0.39, 0.29) is 8.49 Å². The Labute approximate surface area is 56.1 Å². The van der Waals surface area contributed by atoms with E-state index in [2.05, 4.69) is 13.2 Å². The van der Waals surface area contributed by atoms with Crippen molar-refractivity contribution in [3.05, 3.63) is 0 Å². The van der Waals surface area contributed by atoms with Crippen LogP contribution in [0.3, 0.4) is 0 Å². The molecule has 0 aliphatic heterocycles. The molecule has 0 aromatic carbocycles. The third-order valence-electron chi connectivity index (χ3n) is 0.557. The molecular weight excluding hydrogens is 144 g/mol. The summed E-state index contributed by atoms with van der Waals surface area (Å²) in [6.07, 6.45) is 3.30. The van der Waals surface area contributed by atoms with Crippen molar-refractivity contribution in [2.24, 2.45) is 0 Å². The normalized spacial score (nSPS) is 14.0. The van der Waals surface area contributed by atoms with Gasteiger partial charge in [0.2, 0.25) is 0 Å². The summed E-state index contributed by atoms with van der Waals surface area (Å²) in [5, 5.41) is 0. The minimum atomic E-state index is 0.223. The van der Waals surface area contributed by atoms with Crippen molar-refractivity contribution in [1.82, 2.24) is 0 Å². The second-order valence-electron chi connectivity index (χ2n) is 1.17. The molecule has 0 rings (SSSR count). The smallest absolute Gasteiger partial charge is 0.00743 e. The molecule has 0 aliphatic carbocycles. The molecule has 0 fully saturated rings. The van der Waals surface area contributed by atoms with Crippen molar-refractivity contribution in [3.63, 3.8) is 0 Å². The Kier molecular flexibility index (Phi) is 5.73. The topological polar surface area (TPSA) is 0 Å². The maximum atomic E-state index is 5.03. The predicted octanol–water partition coefficient (Wildman–Crippen LogP) is 1.75. The molecule has 0 saturated heterocycles. The average molecular weight is 154 g/mol. The highest BCUT2D eigenvalue weighted by molar-refractivity contribution is 8.82. The first-order valence-corrected chi connectivity index (χ1v) is 6.30. The fraction of sp³-hybridized carbons (Fsp3) is 1.00. The van der Waals surface area contributed by atoms with Crippen LogP contribution in [-0.4, -0.2) is 12.0 Å². The van der Waals surface area contributed by atoms with E-state index >= 15 is 0 Å². The van der Waals surface area contributed by atoms with Crippen LogP contribution >= 0.6 is 10.8 Å². The zero-order valence-electron chi connectivity index (χ0n) is 4.64. The highest BCUT2D eigenvalue weighted by atomic mass is 33.3. The van der Waals surface area contributed by atoms with Crippen molar-refractivity contribution in [2.45, 2.75) is 13.3 Å². The van der Waals surface area contributed by atoms with Gasteiger partial charge in [-0.05, 0) is 23.9 Å². The summed E-state index contributed by atoms with van der Waals surface area (Å²) >= 11 is 5.03. The lowest BCUT2D eigenvalue weighted by Gasteiger charge is -1.93. The lowest BCUT2D eigenvalue weighted by Crippen LogP contribution is -1.84. The molecule has 3 heteroatoms. The van der Waals surface area contributed by atoms with Crippen molar-refractivity contribution >= 4 is 30.5 Å². The van der Waals surface area contributed by atoms with Crippen molar-refractivity contribution in [2.75, 3.05) is 12.0 Å². The number of hydrogen-bond donors (Lipinski definition) is 0. The van der Waals surface area contributed by atoms with E-state index in [1.54, 1.807) is 10.8 Å². The van der Waals surface area contributed by atoms with E-state index in [1.165, 1.54) is 12.2 Å². The molecule has 0 amide bonds. The van der Waals surface area contributed by atoms with Gasteiger partial charge in [-0.2, -0.15) is 0 Å². The van der Waals surface area contributed by atoms with Crippen LogP contribution in [0.1, 0.15) is 13.3 Å². The van der Waals surface area contributed by atoms with Gasteiger partial charge in [-0.1, -0.05) is 26.2 Å². The Morgan fingerprint density at radius 3 is 2.43 bits per heavy atom. The lowest BCUT2D eigenvalue weighted by molar-refractivity contribution is 1.11. The van der Waals surface area contributed by atoms with Crippen LogP contribution in [-0.2, 0) is 19.7 Å². The summed E-state index contributed by atoms with van der Waals surface area (Å²) in [7, 11) is 2.01. The van der Waals surface area contributed by atoms with Gasteiger partial charge in [0.1, 0.15) is 0 Å². The molecule has 0 spiro atoms. The van der Waals surface area contributed by atoms with Gasteiger partial charge < -0.3 is 0 Å². The van der Waals surface area contributed by atoms with Gasteiger partial charge in [-0.15, -0.1) is 0 Å². The summed E-state index contributed by atoms with van der Waals surface area (Å²) in [6.45, 7) is 2.17. The molecule has 0 aliphatic rings. The van der Waals surface area contributed by atoms with Crippen LogP contribution in [0.2, 0.25) is 0 Å². The van der Waals surface area contributed by atoms with Crippen LogP contribution in [0, 0.1) is 0 Å². The van der Waals surface area contributed by atoms with Crippen LogP contribution in [0.15, 0.2) is 0 Å². The Morgan fingerprint density at radius 1 is 1.71 bits per heavy atom. The maximum absolute atomic E-state index is 5.03. The second-order valence-corrected chi connectivity index (χ2v) is 6.57. The molecule has 44 valence electrons. The van der Waals surface area contributed by atoms with Gasteiger partial charge in [0.15, 0.2) is 0 Å². The summed E-state index contributed by atoms with van der Waals surface area (Å²) in [6, 6.07) is 0. The van der Waals surface area contributed by atoms with Crippen molar-refractivity contribution in [1.29, 1.82) is 0 Å². The molecule has 0 heterocycles. The van der Waals surface area contributed by atoms with Crippen LogP contribution in [0.5, 0.6) is 0 Å². The van der Waals surface area contributed by atoms with Gasteiger partial charge in [-0.25, -0.2) is 0 Å². The Bertz CT molecular complexity index is 60.0. The molecule has 0 aromatic heterocycles. The van der Waals surface area contributed by atoms with Crippen molar-refractivity contribution < 1.29 is 0 Å². The standard InChI is InChI=1S/C4H10S3/c1-3-4-7(5)6-2/h3-4H2,1-2H3. The maximum Gasteiger partial charge on any atom is 0.00743 e. The van der Waals surface area contributed by atoms with Crippen LogP contribution < -0.4 is 0 Å². The SMILES string of the molecule is CCCS(=S)SC. The minimum absolute atomic E-state index is 0.223. The fourth-order valence-corrected chi connectivity index (χ4v) is 2.25. The zero-order valence-corrected chi connectivity index (χ0v) is 7.09. The number of rotatable bonds is 3. The van der Waals surface area contributed by atoms with Crippen LogP contribution in [0.25, 0.3) is 0 Å². The van der Waals surface area contributed by atoms with Gasteiger partial charge in [0.05, 0.1) is 0 Å². The third-order valence-corrected chi connectivity index (χ3v) is 5.01. The molecular formula is C4H10S3. The van der Waals surface area contributed by atoms with E-state index in [1.807, 2.05) is 0 Å². The second kappa shape index (κ2) is 5.06. The van der Waals surface area contributed by atoms with E-state index in [9.17, 15) is 0 Å². The van der Waals surface area contributed by atoms with E-state index in [4.69, 9.17) is 11.2 Å². The molecule has 0 N–H and O–H groups in total. The van der Waals surface area contributed by atoms with E-state index in [0.717, 1.165) is 0 Å². The first-order valence-electron chi connectivity index (χ1n) is 2.24. The monoisotopic (exact) mass is 154 g/mol. The molecule has 0 saturated carbocycles. The molecule has 0 bridgehead atoms. The molecule has 0 nitrogen and oxygen atoms in total. The van der Waals surface area contributed by atoms with Crippen molar-refractivity contribution in [3.8, 4) is 0 Å². The molecule has 0 radical (unpaired) electrons. The van der Waals surface area contributed by atoms with Gasteiger partial charge in [0.25, 0.3) is 0 Å². The van der Waals surface area contributed by atoms with Gasteiger partial charge in [0, 0.05) is 5.75 Å². The Balaban J connectivity index is 3.00. The lowest BCUT2D eigenvalue weighted by atomic mass is 10.6. The van der Waals surface area contributed by atoms with E-state index < -0.39 is 0 Å². The molecule has 7 heavy (non-hydrogen) atoms. The predicted molar refractivity (Wildman–Crippen MR) is 43.4 cm³/mol.